The molecule has 1 heterocycles. The van der Waals surface area contributed by atoms with Crippen LogP contribution in [0.4, 0.5) is 23.4 Å². The Morgan fingerprint density at radius 2 is 1.55 bits per heavy atom. The Bertz CT molecular complexity index is 1000. The summed E-state index contributed by atoms with van der Waals surface area (Å²) in [5.41, 5.74) is 1.87. The predicted molar refractivity (Wildman–Crippen MR) is 99.3 cm³/mol. The summed E-state index contributed by atoms with van der Waals surface area (Å²) in [5, 5.41) is 6.37. The summed E-state index contributed by atoms with van der Waals surface area (Å²) in [5.74, 6) is -6.62. The van der Waals surface area contributed by atoms with Crippen molar-refractivity contribution in [1.29, 1.82) is 0 Å². The molecule has 0 saturated carbocycles. The second kappa shape index (κ2) is 7.67. The van der Waals surface area contributed by atoms with Gasteiger partial charge in [0.05, 0.1) is 11.4 Å². The van der Waals surface area contributed by atoms with Crippen LogP contribution in [0.3, 0.4) is 0 Å². The van der Waals surface area contributed by atoms with Crippen molar-refractivity contribution >= 4 is 11.7 Å². The van der Waals surface area contributed by atoms with Crippen LogP contribution in [0.2, 0.25) is 0 Å². The number of para-hydroxylation sites is 1. The molecule has 3 rings (SSSR count). The fraction of sp³-hybridized carbons (Fsp3) is 0.200. The molecule has 0 bridgehead atoms. The Hall–Kier alpha value is -3.20. The van der Waals surface area contributed by atoms with Crippen LogP contribution in [0.5, 0.6) is 0 Å². The molecule has 5 nitrogen and oxygen atoms in total. The highest BCUT2D eigenvalue weighted by molar-refractivity contribution is 6.00. The van der Waals surface area contributed by atoms with E-state index >= 15 is 0 Å². The van der Waals surface area contributed by atoms with Crippen LogP contribution in [0.15, 0.2) is 60.7 Å². The van der Waals surface area contributed by atoms with Gasteiger partial charge >= 0.3 is 17.9 Å². The van der Waals surface area contributed by atoms with Crippen molar-refractivity contribution < 1.29 is 27.1 Å². The first kappa shape index (κ1) is 20.5. The maximum absolute atomic E-state index is 14.4. The van der Waals surface area contributed by atoms with Crippen LogP contribution in [0.25, 0.3) is 16.8 Å². The number of ether oxygens (including phenoxy) is 1. The van der Waals surface area contributed by atoms with Gasteiger partial charge in [-0.1, -0.05) is 48.5 Å². The van der Waals surface area contributed by atoms with E-state index < -0.39 is 17.9 Å². The SMILES string of the molecule is CO[C@@](F)(C(=O)Nc1c(-c2ccccc2)c(C)nn1-c1ccccc1)C(F)(F)F. The fourth-order valence-electron chi connectivity index (χ4n) is 2.87. The Balaban J connectivity index is 2.17. The minimum Gasteiger partial charge on any atom is -0.335 e. The standard InChI is InChI=1S/C20H17F4N3O2/c1-13-16(14-9-5-3-6-10-14)17(27(26-13)15-11-7-4-8-12-15)25-18(28)19(21,29-2)20(22,23)24/h3-12H,1-2H3,(H,25,28)/t19-/m0/s1. The number of hydrogen-bond donors (Lipinski definition) is 1. The summed E-state index contributed by atoms with van der Waals surface area (Å²) in [4.78, 5) is 12.3. The number of nitrogens with zero attached hydrogens (tertiary/aromatic N) is 2. The molecule has 0 unspecified atom stereocenters. The molecule has 0 aliphatic rings. The maximum Gasteiger partial charge on any atom is 0.458 e. The number of benzene rings is 2. The number of methoxy groups -OCH3 is 1. The average Bonchev–Trinajstić information content (AvgIpc) is 3.03. The highest BCUT2D eigenvalue weighted by Gasteiger charge is 2.63. The number of hydrogen-bond acceptors (Lipinski definition) is 3. The highest BCUT2D eigenvalue weighted by atomic mass is 19.4. The van der Waals surface area contributed by atoms with Crippen molar-refractivity contribution in [2.24, 2.45) is 0 Å². The average molecular weight is 407 g/mol. The molecular weight excluding hydrogens is 390 g/mol. The quantitative estimate of drug-likeness (QED) is 0.626. The molecule has 152 valence electrons. The van der Waals surface area contributed by atoms with Gasteiger partial charge in [0.25, 0.3) is 0 Å². The monoisotopic (exact) mass is 407 g/mol. The van der Waals surface area contributed by atoms with E-state index in [2.05, 4.69) is 9.84 Å². The zero-order chi connectivity index (χ0) is 21.2. The number of carbonyl (C=O) groups excluding carboxylic acids is 1. The minimum absolute atomic E-state index is 0.103. The summed E-state index contributed by atoms with van der Waals surface area (Å²) >= 11 is 0. The lowest BCUT2D eigenvalue weighted by atomic mass is 10.1. The summed E-state index contributed by atoms with van der Waals surface area (Å²) in [6.45, 7) is 1.64. The first-order valence-corrected chi connectivity index (χ1v) is 8.51. The summed E-state index contributed by atoms with van der Waals surface area (Å²) in [7, 11) is 0.477. The molecule has 0 aliphatic carbocycles. The molecule has 0 radical (unpaired) electrons. The number of aromatic nitrogens is 2. The van der Waals surface area contributed by atoms with Crippen LogP contribution in [0.1, 0.15) is 5.69 Å². The maximum atomic E-state index is 14.4. The molecule has 1 aromatic heterocycles. The Labute approximate surface area is 163 Å². The zero-order valence-electron chi connectivity index (χ0n) is 15.5. The number of amides is 1. The number of halogens is 4. The largest absolute Gasteiger partial charge is 0.458 e. The number of nitrogens with one attached hydrogen (secondary N) is 1. The van der Waals surface area contributed by atoms with Gasteiger partial charge in [-0.15, -0.1) is 0 Å². The number of carbonyl (C=O) groups is 1. The smallest absolute Gasteiger partial charge is 0.335 e. The molecule has 0 spiro atoms. The van der Waals surface area contributed by atoms with Crippen molar-refractivity contribution in [2.75, 3.05) is 12.4 Å². The molecule has 2 aromatic carbocycles. The van der Waals surface area contributed by atoms with Gasteiger partial charge in [-0.3, -0.25) is 4.79 Å². The van der Waals surface area contributed by atoms with Crippen molar-refractivity contribution in [2.45, 2.75) is 19.0 Å². The fourth-order valence-corrected chi connectivity index (χ4v) is 2.87. The van der Waals surface area contributed by atoms with Crippen molar-refractivity contribution in [3.63, 3.8) is 0 Å². The van der Waals surface area contributed by atoms with Crippen LogP contribution in [0, 0.1) is 6.92 Å². The lowest BCUT2D eigenvalue weighted by Crippen LogP contribution is -2.52. The number of aryl methyl sites for hydroxylation is 1. The highest BCUT2D eigenvalue weighted by Crippen LogP contribution is 2.38. The Kier molecular flexibility index (Phi) is 5.43. The van der Waals surface area contributed by atoms with Crippen LogP contribution < -0.4 is 5.32 Å². The number of anilines is 1. The van der Waals surface area contributed by atoms with Crippen LogP contribution in [-0.4, -0.2) is 34.8 Å². The van der Waals surface area contributed by atoms with Crippen molar-refractivity contribution in [3.05, 3.63) is 66.4 Å². The van der Waals surface area contributed by atoms with Crippen molar-refractivity contribution in [3.8, 4) is 16.8 Å². The topological polar surface area (TPSA) is 56.1 Å². The summed E-state index contributed by atoms with van der Waals surface area (Å²) in [6.07, 6.45) is -5.56. The van der Waals surface area contributed by atoms with Gasteiger partial charge in [0.15, 0.2) is 0 Å². The van der Waals surface area contributed by atoms with E-state index in [9.17, 15) is 22.4 Å². The minimum atomic E-state index is -5.56. The van der Waals surface area contributed by atoms with Crippen molar-refractivity contribution in [1.82, 2.24) is 9.78 Å². The van der Waals surface area contributed by atoms with E-state index in [0.29, 0.717) is 29.6 Å². The van der Waals surface area contributed by atoms with E-state index in [4.69, 9.17) is 0 Å². The van der Waals surface area contributed by atoms with Gasteiger partial charge in [-0.2, -0.15) is 22.7 Å². The molecule has 9 heteroatoms. The molecule has 1 amide bonds. The third-order valence-corrected chi connectivity index (χ3v) is 4.29. The van der Waals surface area contributed by atoms with E-state index in [1.165, 1.54) is 4.68 Å². The first-order chi connectivity index (χ1) is 13.7. The van der Waals surface area contributed by atoms with Crippen LogP contribution >= 0.6 is 0 Å². The second-order valence-corrected chi connectivity index (χ2v) is 6.17. The molecule has 0 saturated heterocycles. The van der Waals surface area contributed by atoms with E-state index in [0.717, 1.165) is 0 Å². The molecule has 3 aromatic rings. The molecule has 0 aliphatic heterocycles. The van der Waals surface area contributed by atoms with Gasteiger partial charge in [-0.05, 0) is 24.6 Å². The molecule has 0 fully saturated rings. The molecular formula is C20H17F4N3O2. The lowest BCUT2D eigenvalue weighted by Gasteiger charge is -2.25. The Morgan fingerprint density at radius 3 is 2.07 bits per heavy atom. The molecule has 1 atom stereocenters. The first-order valence-electron chi connectivity index (χ1n) is 8.51. The third-order valence-electron chi connectivity index (χ3n) is 4.29. The lowest BCUT2D eigenvalue weighted by molar-refractivity contribution is -0.305. The molecule has 29 heavy (non-hydrogen) atoms. The molecule has 1 N–H and O–H groups in total. The van der Waals surface area contributed by atoms with Gasteiger partial charge in [0, 0.05) is 12.7 Å². The van der Waals surface area contributed by atoms with E-state index in [1.54, 1.807) is 67.6 Å². The Morgan fingerprint density at radius 1 is 1.00 bits per heavy atom. The number of rotatable bonds is 5. The summed E-state index contributed by atoms with van der Waals surface area (Å²) < 4.78 is 58.9. The van der Waals surface area contributed by atoms with Gasteiger partial charge in [0.2, 0.25) is 0 Å². The third kappa shape index (κ3) is 3.73. The number of alkyl halides is 4. The zero-order valence-corrected chi connectivity index (χ0v) is 15.5. The van der Waals surface area contributed by atoms with E-state index in [-0.39, 0.29) is 5.82 Å². The second-order valence-electron chi connectivity index (χ2n) is 6.17. The van der Waals surface area contributed by atoms with Gasteiger partial charge in [0.1, 0.15) is 5.82 Å². The van der Waals surface area contributed by atoms with E-state index in [1.807, 2.05) is 5.32 Å². The normalized spacial score (nSPS) is 13.7. The van der Waals surface area contributed by atoms with Gasteiger partial charge < -0.3 is 10.1 Å². The summed E-state index contributed by atoms with van der Waals surface area (Å²) in [6, 6.07) is 17.1. The van der Waals surface area contributed by atoms with Gasteiger partial charge in [-0.25, -0.2) is 4.68 Å². The predicted octanol–water partition coefficient (Wildman–Crippen LogP) is 4.66. The van der Waals surface area contributed by atoms with Crippen LogP contribution in [-0.2, 0) is 9.53 Å².